The van der Waals surface area contributed by atoms with Crippen LogP contribution in [0.1, 0.15) is 38.7 Å². The number of amides is 1. The summed E-state index contributed by atoms with van der Waals surface area (Å²) in [5.41, 5.74) is 4.09. The Labute approximate surface area is 129 Å². The normalized spacial score (nSPS) is 19.6. The second-order valence-corrected chi connectivity index (χ2v) is 6.69. The molecule has 1 aromatic carbocycles. The number of nitrogens with one attached hydrogen (secondary N) is 1. The summed E-state index contributed by atoms with van der Waals surface area (Å²) in [4.78, 5) is 23.5. The van der Waals surface area contributed by atoms with Crippen LogP contribution in [0.25, 0.3) is 0 Å². The highest BCUT2D eigenvalue weighted by Gasteiger charge is 2.30. The molecule has 4 nitrogen and oxygen atoms in total. The largest absolute Gasteiger partial charge is 0.299 e. The molecule has 1 fully saturated rings. The van der Waals surface area contributed by atoms with Crippen LogP contribution < -0.4 is 5.43 Å². The molecule has 21 heavy (non-hydrogen) atoms. The molecule has 1 aliphatic carbocycles. The molecule has 0 saturated heterocycles. The van der Waals surface area contributed by atoms with Gasteiger partial charge in [-0.25, -0.2) is 5.43 Å². The van der Waals surface area contributed by atoms with Gasteiger partial charge in [-0.2, -0.15) is 5.10 Å². The van der Waals surface area contributed by atoms with E-state index in [4.69, 9.17) is 11.6 Å². The lowest BCUT2D eigenvalue weighted by atomic mass is 9.76. The molecule has 0 aromatic heterocycles. The Bertz CT molecular complexity index is 576. The lowest BCUT2D eigenvalue weighted by molar-refractivity contribution is -0.121. The molecule has 0 radical (unpaired) electrons. The Morgan fingerprint density at radius 2 is 1.95 bits per heavy atom. The molecule has 1 aliphatic rings. The van der Waals surface area contributed by atoms with E-state index in [0.29, 0.717) is 17.9 Å². The van der Waals surface area contributed by atoms with Crippen molar-refractivity contribution in [3.63, 3.8) is 0 Å². The van der Waals surface area contributed by atoms with E-state index in [1.165, 1.54) is 0 Å². The minimum absolute atomic E-state index is 0.0743. The first kappa shape index (κ1) is 15.7. The smallest absolute Gasteiger partial charge is 0.244 e. The monoisotopic (exact) mass is 306 g/mol. The van der Waals surface area contributed by atoms with Crippen molar-refractivity contribution in [2.75, 3.05) is 0 Å². The molecule has 112 valence electrons. The second kappa shape index (κ2) is 6.39. The quantitative estimate of drug-likeness (QED) is 0.872. The Morgan fingerprint density at radius 3 is 2.57 bits per heavy atom. The minimum Gasteiger partial charge on any atom is -0.299 e. The van der Waals surface area contributed by atoms with Gasteiger partial charge in [-0.15, -0.1) is 0 Å². The molecule has 1 saturated carbocycles. The zero-order valence-corrected chi connectivity index (χ0v) is 13.0. The lowest BCUT2D eigenvalue weighted by Crippen LogP contribution is -2.31. The number of carbonyl (C=O) groups excluding carboxylic acids is 2. The number of nitrogens with zero attached hydrogens (tertiary/aromatic N) is 1. The van der Waals surface area contributed by atoms with Gasteiger partial charge in [-0.05, 0) is 29.5 Å². The van der Waals surface area contributed by atoms with Gasteiger partial charge in [-0.1, -0.05) is 37.6 Å². The molecular formula is C16H19ClN2O2. The molecule has 0 heterocycles. The van der Waals surface area contributed by atoms with Crippen molar-refractivity contribution < 1.29 is 9.59 Å². The van der Waals surface area contributed by atoms with Crippen LogP contribution in [-0.4, -0.2) is 17.4 Å². The fourth-order valence-corrected chi connectivity index (χ4v) is 2.67. The first-order chi connectivity index (χ1) is 9.84. The maximum atomic E-state index is 11.8. The predicted molar refractivity (Wildman–Crippen MR) is 83.4 cm³/mol. The first-order valence-corrected chi connectivity index (χ1v) is 7.32. The van der Waals surface area contributed by atoms with E-state index in [2.05, 4.69) is 10.5 Å². The average molecular weight is 307 g/mol. The van der Waals surface area contributed by atoms with Gasteiger partial charge in [0, 0.05) is 23.6 Å². The van der Waals surface area contributed by atoms with Crippen molar-refractivity contribution in [2.24, 2.45) is 10.5 Å². The number of rotatable bonds is 3. The van der Waals surface area contributed by atoms with E-state index in [0.717, 1.165) is 17.7 Å². The summed E-state index contributed by atoms with van der Waals surface area (Å²) in [5, 5.41) is 4.75. The van der Waals surface area contributed by atoms with Crippen molar-refractivity contribution in [1.29, 1.82) is 0 Å². The third-order valence-corrected chi connectivity index (χ3v) is 3.63. The minimum atomic E-state index is -0.194. The van der Waals surface area contributed by atoms with E-state index in [1.54, 1.807) is 12.1 Å². The Morgan fingerprint density at radius 1 is 1.29 bits per heavy atom. The van der Waals surface area contributed by atoms with Gasteiger partial charge < -0.3 is 0 Å². The number of hydrazone groups is 1. The van der Waals surface area contributed by atoms with E-state index < -0.39 is 0 Å². The molecule has 1 amide bonds. The maximum absolute atomic E-state index is 11.8. The highest BCUT2D eigenvalue weighted by atomic mass is 35.5. The van der Waals surface area contributed by atoms with Crippen LogP contribution in [-0.2, 0) is 16.0 Å². The number of hydrogen-bond donors (Lipinski definition) is 1. The molecule has 0 bridgehead atoms. The van der Waals surface area contributed by atoms with Crippen LogP contribution >= 0.6 is 11.6 Å². The van der Waals surface area contributed by atoms with Crippen molar-refractivity contribution in [3.05, 3.63) is 34.9 Å². The number of benzene rings is 1. The second-order valence-electron chi connectivity index (χ2n) is 6.25. The van der Waals surface area contributed by atoms with E-state index in [1.807, 2.05) is 26.0 Å². The summed E-state index contributed by atoms with van der Waals surface area (Å²) >= 11 is 5.80. The number of ketones is 1. The number of halogens is 1. The van der Waals surface area contributed by atoms with Crippen LogP contribution in [0.3, 0.4) is 0 Å². The molecule has 1 N–H and O–H groups in total. The molecule has 0 aliphatic heterocycles. The van der Waals surface area contributed by atoms with Crippen LogP contribution in [0.2, 0.25) is 5.02 Å². The lowest BCUT2D eigenvalue weighted by Gasteiger charge is -2.29. The zero-order chi connectivity index (χ0) is 15.5. The van der Waals surface area contributed by atoms with Gasteiger partial charge in [0.25, 0.3) is 0 Å². The van der Waals surface area contributed by atoms with Crippen LogP contribution in [0.15, 0.2) is 29.4 Å². The summed E-state index contributed by atoms with van der Waals surface area (Å²) in [6.07, 6.45) is 1.89. The summed E-state index contributed by atoms with van der Waals surface area (Å²) < 4.78 is 0. The van der Waals surface area contributed by atoms with Crippen molar-refractivity contribution >= 4 is 29.0 Å². The van der Waals surface area contributed by atoms with Gasteiger partial charge in [0.05, 0.1) is 6.42 Å². The fourth-order valence-electron chi connectivity index (χ4n) is 2.55. The standard InChI is InChI=1S/C16H19ClN2O2/c1-16(2)9-13(8-14(20)10-16)18-19-15(21)7-11-3-5-12(17)6-4-11/h3-6H,7-10H2,1-2H3,(H,19,21)/b18-13+. The molecule has 0 spiro atoms. The van der Waals surface area contributed by atoms with Crippen molar-refractivity contribution in [2.45, 2.75) is 39.5 Å². The molecule has 2 rings (SSSR count). The van der Waals surface area contributed by atoms with E-state index in [-0.39, 0.29) is 23.5 Å². The van der Waals surface area contributed by atoms with Gasteiger partial charge in [0.1, 0.15) is 5.78 Å². The Kier molecular flexibility index (Phi) is 4.78. The number of carbonyl (C=O) groups is 2. The van der Waals surface area contributed by atoms with Gasteiger partial charge in [0.2, 0.25) is 5.91 Å². The average Bonchev–Trinajstić information content (AvgIpc) is 2.37. The number of Topliss-reactive ketones (excluding diaryl/α,β-unsaturated/α-hetero) is 1. The van der Waals surface area contributed by atoms with Crippen LogP contribution in [0.4, 0.5) is 0 Å². The highest BCUT2D eigenvalue weighted by Crippen LogP contribution is 2.31. The third-order valence-electron chi connectivity index (χ3n) is 3.38. The zero-order valence-electron chi connectivity index (χ0n) is 12.3. The maximum Gasteiger partial charge on any atom is 0.244 e. The summed E-state index contributed by atoms with van der Waals surface area (Å²) in [6.45, 7) is 4.07. The fraction of sp³-hybridized carbons (Fsp3) is 0.438. The van der Waals surface area contributed by atoms with E-state index in [9.17, 15) is 9.59 Å². The molecular weight excluding hydrogens is 288 g/mol. The first-order valence-electron chi connectivity index (χ1n) is 6.94. The summed E-state index contributed by atoms with van der Waals surface area (Å²) in [6, 6.07) is 7.11. The molecule has 1 aromatic rings. The topological polar surface area (TPSA) is 58.5 Å². The van der Waals surface area contributed by atoms with Gasteiger partial charge in [0.15, 0.2) is 0 Å². The number of hydrogen-bond acceptors (Lipinski definition) is 3. The summed E-state index contributed by atoms with van der Waals surface area (Å²) in [5.74, 6) is -0.0161. The van der Waals surface area contributed by atoms with Crippen LogP contribution in [0.5, 0.6) is 0 Å². The van der Waals surface area contributed by atoms with Crippen LogP contribution in [0, 0.1) is 5.41 Å². The molecule has 0 atom stereocenters. The van der Waals surface area contributed by atoms with Gasteiger partial charge >= 0.3 is 0 Å². The van der Waals surface area contributed by atoms with Crippen molar-refractivity contribution in [1.82, 2.24) is 5.43 Å². The summed E-state index contributed by atoms with van der Waals surface area (Å²) in [7, 11) is 0. The third kappa shape index (κ3) is 4.97. The Balaban J connectivity index is 1.92. The molecule has 0 unspecified atom stereocenters. The predicted octanol–water partition coefficient (Wildman–Crippen LogP) is 3.13. The SMILES string of the molecule is CC1(C)CC(=O)C/C(=N\NC(=O)Cc2ccc(Cl)cc2)C1. The Hall–Kier alpha value is -1.68. The van der Waals surface area contributed by atoms with E-state index >= 15 is 0 Å². The molecule has 5 heteroatoms. The van der Waals surface area contributed by atoms with Gasteiger partial charge in [-0.3, -0.25) is 9.59 Å². The van der Waals surface area contributed by atoms with Crippen molar-refractivity contribution in [3.8, 4) is 0 Å². The highest BCUT2D eigenvalue weighted by molar-refractivity contribution is 6.30.